The molecule has 0 amide bonds. The zero-order valence-electron chi connectivity index (χ0n) is 10.7. The molecule has 3 atom stereocenters. The molecule has 0 spiro atoms. The van der Waals surface area contributed by atoms with Crippen molar-refractivity contribution in [2.75, 3.05) is 32.8 Å². The van der Waals surface area contributed by atoms with Crippen LogP contribution in [-0.4, -0.2) is 49.8 Å². The highest BCUT2D eigenvalue weighted by molar-refractivity contribution is 4.82. The summed E-state index contributed by atoms with van der Waals surface area (Å²) in [5.74, 6) is 0.949. The summed E-state index contributed by atoms with van der Waals surface area (Å²) < 4.78 is 5.58. The van der Waals surface area contributed by atoms with Crippen LogP contribution in [0.5, 0.6) is 0 Å². The second kappa shape index (κ2) is 5.99. The number of nitrogens with zero attached hydrogens (tertiary/aromatic N) is 1. The Morgan fingerprint density at radius 2 is 2.31 bits per heavy atom. The molecular weight excluding hydrogens is 200 g/mol. The smallest absolute Gasteiger partial charge is 0.0674 e. The van der Waals surface area contributed by atoms with Crippen molar-refractivity contribution in [3.05, 3.63) is 0 Å². The Bertz CT molecular complexity index is 210. The Hall–Kier alpha value is -0.120. The summed E-state index contributed by atoms with van der Waals surface area (Å²) in [6.45, 7) is 10.0. The van der Waals surface area contributed by atoms with Crippen molar-refractivity contribution >= 4 is 0 Å². The molecule has 0 aliphatic carbocycles. The molecule has 2 aliphatic rings. The fourth-order valence-electron chi connectivity index (χ4n) is 2.97. The van der Waals surface area contributed by atoms with Crippen LogP contribution in [0.15, 0.2) is 0 Å². The third-order valence-electron chi connectivity index (χ3n) is 3.98. The second-order valence-electron chi connectivity index (χ2n) is 5.39. The lowest BCUT2D eigenvalue weighted by atomic mass is 9.90. The van der Waals surface area contributed by atoms with Gasteiger partial charge in [-0.3, -0.25) is 4.90 Å². The van der Waals surface area contributed by atoms with E-state index in [0.29, 0.717) is 12.1 Å². The topological polar surface area (TPSA) is 24.5 Å². The monoisotopic (exact) mass is 226 g/mol. The molecule has 2 saturated heterocycles. The number of piperidine rings is 1. The third kappa shape index (κ3) is 3.44. The Morgan fingerprint density at radius 3 is 3.06 bits per heavy atom. The molecular formula is C13H26N2O. The number of ether oxygens (including phenoxy) is 1. The first-order valence-corrected chi connectivity index (χ1v) is 6.85. The van der Waals surface area contributed by atoms with Gasteiger partial charge in [-0.1, -0.05) is 13.3 Å². The highest BCUT2D eigenvalue weighted by atomic mass is 16.5. The third-order valence-corrected chi connectivity index (χ3v) is 3.98. The first-order valence-electron chi connectivity index (χ1n) is 6.85. The zero-order valence-corrected chi connectivity index (χ0v) is 10.7. The number of nitrogens with one attached hydrogen (secondary N) is 1. The van der Waals surface area contributed by atoms with E-state index in [1.807, 2.05) is 0 Å². The SMILES string of the molecule is CCC1CCNC(CN2CCOC(C)C2)C1. The average Bonchev–Trinajstić information content (AvgIpc) is 2.29. The highest BCUT2D eigenvalue weighted by Gasteiger charge is 2.24. The van der Waals surface area contributed by atoms with Crippen molar-refractivity contribution in [1.29, 1.82) is 0 Å². The van der Waals surface area contributed by atoms with Crippen molar-refractivity contribution in [2.24, 2.45) is 5.92 Å². The first kappa shape index (κ1) is 12.3. The van der Waals surface area contributed by atoms with E-state index >= 15 is 0 Å². The Morgan fingerprint density at radius 1 is 1.44 bits per heavy atom. The van der Waals surface area contributed by atoms with Gasteiger partial charge in [0, 0.05) is 25.7 Å². The molecule has 94 valence electrons. The van der Waals surface area contributed by atoms with Crippen LogP contribution in [-0.2, 0) is 4.74 Å². The Labute approximate surface area is 99.5 Å². The number of rotatable bonds is 3. The van der Waals surface area contributed by atoms with Crippen molar-refractivity contribution in [3.63, 3.8) is 0 Å². The van der Waals surface area contributed by atoms with Crippen LogP contribution in [0.25, 0.3) is 0 Å². The number of morpholine rings is 1. The van der Waals surface area contributed by atoms with E-state index in [-0.39, 0.29) is 0 Å². The second-order valence-corrected chi connectivity index (χ2v) is 5.39. The summed E-state index contributed by atoms with van der Waals surface area (Å²) >= 11 is 0. The summed E-state index contributed by atoms with van der Waals surface area (Å²) in [6.07, 6.45) is 4.49. The first-order chi connectivity index (χ1) is 7.78. The van der Waals surface area contributed by atoms with Gasteiger partial charge in [-0.05, 0) is 32.2 Å². The van der Waals surface area contributed by atoms with E-state index in [1.54, 1.807) is 0 Å². The van der Waals surface area contributed by atoms with Crippen molar-refractivity contribution in [3.8, 4) is 0 Å². The zero-order chi connectivity index (χ0) is 11.4. The normalized spacial score (nSPS) is 37.5. The van der Waals surface area contributed by atoms with Gasteiger partial charge in [-0.25, -0.2) is 0 Å². The van der Waals surface area contributed by atoms with E-state index < -0.39 is 0 Å². The minimum absolute atomic E-state index is 0.416. The van der Waals surface area contributed by atoms with Crippen LogP contribution in [0.2, 0.25) is 0 Å². The molecule has 0 saturated carbocycles. The fraction of sp³-hybridized carbons (Fsp3) is 1.00. The number of hydrogen-bond donors (Lipinski definition) is 1. The summed E-state index contributed by atoms with van der Waals surface area (Å²) in [7, 11) is 0. The van der Waals surface area contributed by atoms with Crippen LogP contribution >= 0.6 is 0 Å². The van der Waals surface area contributed by atoms with E-state index in [9.17, 15) is 0 Å². The molecule has 0 aromatic rings. The van der Waals surface area contributed by atoms with Gasteiger partial charge in [-0.2, -0.15) is 0 Å². The van der Waals surface area contributed by atoms with Gasteiger partial charge in [0.05, 0.1) is 12.7 Å². The van der Waals surface area contributed by atoms with Gasteiger partial charge in [0.2, 0.25) is 0 Å². The average molecular weight is 226 g/mol. The number of hydrogen-bond acceptors (Lipinski definition) is 3. The van der Waals surface area contributed by atoms with E-state index in [0.717, 1.165) is 25.6 Å². The Balaban J connectivity index is 1.75. The summed E-state index contributed by atoms with van der Waals surface area (Å²) in [5, 5.41) is 3.66. The van der Waals surface area contributed by atoms with Gasteiger partial charge < -0.3 is 10.1 Å². The van der Waals surface area contributed by atoms with Gasteiger partial charge in [0.1, 0.15) is 0 Å². The molecule has 0 radical (unpaired) electrons. The van der Waals surface area contributed by atoms with Crippen LogP contribution in [0, 0.1) is 5.92 Å². The molecule has 3 nitrogen and oxygen atoms in total. The predicted octanol–water partition coefficient (Wildman–Crippen LogP) is 1.49. The lowest BCUT2D eigenvalue weighted by Crippen LogP contribution is -2.50. The van der Waals surface area contributed by atoms with Crippen molar-refractivity contribution in [2.45, 2.75) is 45.3 Å². The molecule has 0 aromatic heterocycles. The maximum atomic E-state index is 5.58. The van der Waals surface area contributed by atoms with E-state index in [4.69, 9.17) is 4.74 Å². The maximum absolute atomic E-state index is 5.58. The lowest BCUT2D eigenvalue weighted by molar-refractivity contribution is -0.0225. The van der Waals surface area contributed by atoms with Gasteiger partial charge in [0.15, 0.2) is 0 Å². The van der Waals surface area contributed by atoms with Crippen molar-refractivity contribution < 1.29 is 4.74 Å². The maximum Gasteiger partial charge on any atom is 0.0674 e. The van der Waals surface area contributed by atoms with Crippen LogP contribution in [0.1, 0.15) is 33.1 Å². The van der Waals surface area contributed by atoms with Crippen molar-refractivity contribution in [1.82, 2.24) is 10.2 Å². The van der Waals surface area contributed by atoms with Crippen LogP contribution < -0.4 is 5.32 Å². The Kier molecular flexibility index (Phi) is 4.62. The summed E-state index contributed by atoms with van der Waals surface area (Å²) in [4.78, 5) is 2.56. The van der Waals surface area contributed by atoms with Gasteiger partial charge in [0.25, 0.3) is 0 Å². The highest BCUT2D eigenvalue weighted by Crippen LogP contribution is 2.20. The molecule has 0 aromatic carbocycles. The molecule has 2 aliphatic heterocycles. The fourth-order valence-corrected chi connectivity index (χ4v) is 2.97. The standard InChI is InChI=1S/C13H26N2O/c1-3-12-4-5-14-13(8-12)10-15-6-7-16-11(2)9-15/h11-14H,3-10H2,1-2H3. The molecule has 16 heavy (non-hydrogen) atoms. The van der Waals surface area contributed by atoms with Gasteiger partial charge >= 0.3 is 0 Å². The molecule has 3 unspecified atom stereocenters. The minimum atomic E-state index is 0.416. The quantitative estimate of drug-likeness (QED) is 0.789. The molecule has 0 bridgehead atoms. The molecule has 3 heteroatoms. The molecule has 2 fully saturated rings. The van der Waals surface area contributed by atoms with E-state index in [2.05, 4.69) is 24.1 Å². The summed E-state index contributed by atoms with van der Waals surface area (Å²) in [5.41, 5.74) is 0. The minimum Gasteiger partial charge on any atom is -0.376 e. The summed E-state index contributed by atoms with van der Waals surface area (Å²) in [6, 6.07) is 0.712. The largest absolute Gasteiger partial charge is 0.376 e. The molecule has 2 rings (SSSR count). The predicted molar refractivity (Wildman–Crippen MR) is 66.7 cm³/mol. The molecule has 1 N–H and O–H groups in total. The van der Waals surface area contributed by atoms with E-state index in [1.165, 1.54) is 32.4 Å². The van der Waals surface area contributed by atoms with Gasteiger partial charge in [-0.15, -0.1) is 0 Å². The van der Waals surface area contributed by atoms with Crippen LogP contribution in [0.3, 0.4) is 0 Å². The van der Waals surface area contributed by atoms with Crippen LogP contribution in [0.4, 0.5) is 0 Å². The lowest BCUT2D eigenvalue weighted by Gasteiger charge is -2.37. The molecule has 2 heterocycles.